The van der Waals surface area contributed by atoms with Crippen molar-refractivity contribution in [1.82, 2.24) is 20.0 Å². The number of hydrogen-bond donors (Lipinski definition) is 1. The molecule has 0 atom stereocenters. The molecule has 138 valence electrons. The van der Waals surface area contributed by atoms with Crippen LogP contribution in [-0.2, 0) is 26.4 Å². The summed E-state index contributed by atoms with van der Waals surface area (Å²) in [4.78, 5) is 15.2. The monoisotopic (exact) mass is 372 g/mol. The summed E-state index contributed by atoms with van der Waals surface area (Å²) in [6.07, 6.45) is 7.78. The van der Waals surface area contributed by atoms with Crippen LogP contribution in [0, 0.1) is 0 Å². The second-order valence-corrected chi connectivity index (χ2v) is 7.76. The van der Waals surface area contributed by atoms with Crippen LogP contribution < -0.4 is 5.32 Å². The molecule has 2 aliphatic rings. The van der Waals surface area contributed by atoms with Gasteiger partial charge in [0.1, 0.15) is 0 Å². The Kier molecular flexibility index (Phi) is 5.00. The van der Waals surface area contributed by atoms with Gasteiger partial charge in [0.25, 0.3) is 5.91 Å². The summed E-state index contributed by atoms with van der Waals surface area (Å²) in [6, 6.07) is 6.93. The molecule has 1 aliphatic carbocycles. The predicted molar refractivity (Wildman–Crippen MR) is 102 cm³/mol. The van der Waals surface area contributed by atoms with E-state index in [1.54, 1.807) is 10.9 Å². The quantitative estimate of drug-likeness (QED) is 0.897. The number of hydrogen-bond acceptors (Lipinski definition) is 3. The van der Waals surface area contributed by atoms with Gasteiger partial charge >= 0.3 is 0 Å². The lowest BCUT2D eigenvalue weighted by molar-refractivity contribution is 0.0950. The van der Waals surface area contributed by atoms with E-state index in [0.29, 0.717) is 11.6 Å². The molecule has 1 fully saturated rings. The lowest BCUT2D eigenvalue weighted by Gasteiger charge is -2.36. The molecular weight excluding hydrogens is 348 g/mol. The van der Waals surface area contributed by atoms with E-state index in [0.717, 1.165) is 43.2 Å². The Balaban J connectivity index is 1.42. The van der Waals surface area contributed by atoms with E-state index < -0.39 is 0 Å². The van der Waals surface area contributed by atoms with Crippen LogP contribution >= 0.6 is 11.6 Å². The highest BCUT2D eigenvalue weighted by Crippen LogP contribution is 2.27. The van der Waals surface area contributed by atoms with E-state index in [1.165, 1.54) is 30.4 Å². The molecule has 5 nitrogen and oxygen atoms in total. The number of aromatic nitrogens is 2. The van der Waals surface area contributed by atoms with E-state index in [2.05, 4.69) is 27.4 Å². The van der Waals surface area contributed by atoms with Crippen molar-refractivity contribution in [3.05, 3.63) is 51.8 Å². The number of amides is 1. The summed E-state index contributed by atoms with van der Waals surface area (Å²) in [6.45, 7) is 2.62. The van der Waals surface area contributed by atoms with Crippen LogP contribution in [-0.4, -0.2) is 39.7 Å². The average molecular weight is 373 g/mol. The Morgan fingerprint density at radius 1 is 1.27 bits per heavy atom. The number of benzene rings is 1. The molecule has 6 heteroatoms. The van der Waals surface area contributed by atoms with Gasteiger partial charge in [-0.3, -0.25) is 14.4 Å². The van der Waals surface area contributed by atoms with Gasteiger partial charge in [0.15, 0.2) is 0 Å². The molecule has 0 spiro atoms. The highest BCUT2D eigenvalue weighted by atomic mass is 35.5. The minimum atomic E-state index is -0.0647. The van der Waals surface area contributed by atoms with E-state index in [1.807, 2.05) is 13.1 Å². The lowest BCUT2D eigenvalue weighted by atomic mass is 9.91. The molecule has 1 saturated carbocycles. The van der Waals surface area contributed by atoms with Gasteiger partial charge < -0.3 is 5.32 Å². The molecule has 26 heavy (non-hydrogen) atoms. The van der Waals surface area contributed by atoms with Gasteiger partial charge in [-0.15, -0.1) is 0 Å². The second kappa shape index (κ2) is 7.41. The van der Waals surface area contributed by atoms with Gasteiger partial charge in [-0.2, -0.15) is 5.10 Å². The van der Waals surface area contributed by atoms with E-state index in [4.69, 9.17) is 11.6 Å². The summed E-state index contributed by atoms with van der Waals surface area (Å²) < 4.78 is 1.69. The van der Waals surface area contributed by atoms with Crippen LogP contribution in [0.5, 0.6) is 0 Å². The van der Waals surface area contributed by atoms with Crippen molar-refractivity contribution in [3.63, 3.8) is 0 Å². The molecule has 0 radical (unpaired) electrons. The van der Waals surface area contributed by atoms with Crippen LogP contribution in [0.2, 0.25) is 5.02 Å². The number of aryl methyl sites for hydroxylation is 1. The van der Waals surface area contributed by atoms with Gasteiger partial charge in [-0.1, -0.05) is 24.1 Å². The molecule has 2 aromatic rings. The maximum Gasteiger partial charge on any atom is 0.251 e. The lowest BCUT2D eigenvalue weighted by Crippen LogP contribution is -2.41. The van der Waals surface area contributed by atoms with Crippen LogP contribution in [0.4, 0.5) is 0 Å². The first kappa shape index (κ1) is 17.6. The maximum absolute atomic E-state index is 12.6. The topological polar surface area (TPSA) is 50.2 Å². The molecule has 0 unspecified atom stereocenters. The summed E-state index contributed by atoms with van der Waals surface area (Å²) in [5.74, 6) is -0.0647. The Bertz CT molecular complexity index is 793. The van der Waals surface area contributed by atoms with Crippen molar-refractivity contribution in [1.29, 1.82) is 0 Å². The minimum absolute atomic E-state index is 0.0647. The Morgan fingerprint density at radius 2 is 2.04 bits per heavy atom. The molecular formula is C20H25ClN4O. The maximum atomic E-state index is 12.6. The predicted octanol–water partition coefficient (Wildman–Crippen LogP) is 2.96. The Labute approximate surface area is 159 Å². The molecule has 1 aromatic carbocycles. The highest BCUT2D eigenvalue weighted by Gasteiger charge is 2.26. The first-order valence-electron chi connectivity index (χ1n) is 9.42. The van der Waals surface area contributed by atoms with Gasteiger partial charge in [0, 0.05) is 31.7 Å². The van der Waals surface area contributed by atoms with Crippen molar-refractivity contribution in [2.75, 3.05) is 13.1 Å². The molecule has 0 saturated heterocycles. The van der Waals surface area contributed by atoms with Crippen LogP contribution in [0.3, 0.4) is 0 Å². The average Bonchev–Trinajstić information content (AvgIpc) is 2.79. The molecule has 1 N–H and O–H groups in total. The molecule has 2 heterocycles. The molecule has 1 amide bonds. The van der Waals surface area contributed by atoms with Gasteiger partial charge in [0.05, 0.1) is 23.5 Å². The normalized spacial score (nSPS) is 18.1. The van der Waals surface area contributed by atoms with Crippen LogP contribution in [0.25, 0.3) is 0 Å². The van der Waals surface area contributed by atoms with Crippen LogP contribution in [0.1, 0.15) is 46.4 Å². The third kappa shape index (κ3) is 3.51. The second-order valence-electron chi connectivity index (χ2n) is 7.35. The number of carbonyl (C=O) groups is 1. The van der Waals surface area contributed by atoms with E-state index in [-0.39, 0.29) is 5.91 Å². The molecule has 1 aromatic heterocycles. The largest absolute Gasteiger partial charge is 0.346 e. The fourth-order valence-corrected chi connectivity index (χ4v) is 4.13. The third-order valence-electron chi connectivity index (χ3n) is 5.82. The van der Waals surface area contributed by atoms with E-state index >= 15 is 0 Å². The minimum Gasteiger partial charge on any atom is -0.346 e. The first-order chi connectivity index (χ1) is 12.6. The zero-order chi connectivity index (χ0) is 18.1. The third-order valence-corrected chi connectivity index (χ3v) is 6.14. The molecule has 1 aliphatic heterocycles. The summed E-state index contributed by atoms with van der Waals surface area (Å²) in [5.41, 5.74) is 4.24. The summed E-state index contributed by atoms with van der Waals surface area (Å²) in [5, 5.41) is 7.63. The zero-order valence-electron chi connectivity index (χ0n) is 15.2. The summed E-state index contributed by atoms with van der Waals surface area (Å²) >= 11 is 6.10. The number of nitrogens with one attached hydrogen (secondary N) is 1. The number of rotatable bonds is 4. The van der Waals surface area contributed by atoms with Crippen molar-refractivity contribution in [2.24, 2.45) is 7.05 Å². The zero-order valence-corrected chi connectivity index (χ0v) is 15.9. The van der Waals surface area contributed by atoms with Crippen molar-refractivity contribution < 1.29 is 4.79 Å². The standard InChI is InChI=1S/C20H25ClN4O/c1-24-19(18(21)12-23-24)13-22-20(26)16-6-5-14-7-9-25(17-3-2-4-17)10-8-15(14)11-16/h5-6,11-12,17H,2-4,7-10,13H2,1H3,(H,22,26). The Morgan fingerprint density at radius 3 is 2.69 bits per heavy atom. The van der Waals surface area contributed by atoms with Crippen molar-refractivity contribution in [3.8, 4) is 0 Å². The number of halogens is 1. The highest BCUT2D eigenvalue weighted by molar-refractivity contribution is 6.31. The fourth-order valence-electron chi connectivity index (χ4n) is 3.90. The smallest absolute Gasteiger partial charge is 0.251 e. The SMILES string of the molecule is Cn1ncc(Cl)c1CNC(=O)c1ccc2c(c1)CCN(C1CCC1)CC2. The molecule has 4 rings (SSSR count). The van der Waals surface area contributed by atoms with Gasteiger partial charge in [-0.05, 0) is 48.9 Å². The summed E-state index contributed by atoms with van der Waals surface area (Å²) in [7, 11) is 1.82. The Hall–Kier alpha value is -1.85. The number of fused-ring (bicyclic) bond motifs is 1. The van der Waals surface area contributed by atoms with Gasteiger partial charge in [0.2, 0.25) is 0 Å². The van der Waals surface area contributed by atoms with E-state index in [9.17, 15) is 4.79 Å². The first-order valence-corrected chi connectivity index (χ1v) is 9.80. The number of carbonyl (C=O) groups excluding carboxylic acids is 1. The fraction of sp³-hybridized carbons (Fsp3) is 0.500. The van der Waals surface area contributed by atoms with Crippen LogP contribution in [0.15, 0.2) is 24.4 Å². The van der Waals surface area contributed by atoms with Crippen molar-refractivity contribution in [2.45, 2.75) is 44.7 Å². The van der Waals surface area contributed by atoms with Crippen molar-refractivity contribution >= 4 is 17.5 Å². The number of nitrogens with zero attached hydrogens (tertiary/aromatic N) is 3. The molecule has 0 bridgehead atoms. The van der Waals surface area contributed by atoms with Gasteiger partial charge in [-0.25, -0.2) is 0 Å².